The molecule has 1 aromatic carbocycles. The Balaban J connectivity index is 1.80. The number of hydrogen-bond donors (Lipinski definition) is 1. The lowest BCUT2D eigenvalue weighted by atomic mass is 9.88. The van der Waals surface area contributed by atoms with Gasteiger partial charge in [-0.1, -0.05) is 32.4 Å². The van der Waals surface area contributed by atoms with Gasteiger partial charge >= 0.3 is 5.97 Å². The average Bonchev–Trinajstić information content (AvgIpc) is 3.15. The van der Waals surface area contributed by atoms with Crippen LogP contribution in [0.2, 0.25) is 0 Å². The number of carbonyl (C=O) groups is 2. The summed E-state index contributed by atoms with van der Waals surface area (Å²) in [4.78, 5) is 26.7. The van der Waals surface area contributed by atoms with Crippen LogP contribution in [0, 0.1) is 17.2 Å². The van der Waals surface area contributed by atoms with Gasteiger partial charge in [0.1, 0.15) is 22.4 Å². The van der Waals surface area contributed by atoms with E-state index < -0.39 is 11.9 Å². The van der Waals surface area contributed by atoms with E-state index in [0.717, 1.165) is 53.9 Å². The number of nitrogens with one attached hydrogen (secondary N) is 1. The number of carbonyl (C=O) groups excluding carboxylic acids is 2. The lowest BCUT2D eigenvalue weighted by Gasteiger charge is -2.18. The number of unbranched alkanes of at least 4 members (excludes halogenated alkanes) is 1. The number of ether oxygens (including phenoxy) is 2. The van der Waals surface area contributed by atoms with Crippen molar-refractivity contribution < 1.29 is 19.1 Å². The summed E-state index contributed by atoms with van der Waals surface area (Å²) < 4.78 is 10.9. The van der Waals surface area contributed by atoms with E-state index in [4.69, 9.17) is 9.47 Å². The summed E-state index contributed by atoms with van der Waals surface area (Å²) in [7, 11) is 0. The highest BCUT2D eigenvalue weighted by Crippen LogP contribution is 2.40. The fourth-order valence-corrected chi connectivity index (χ4v) is 5.13. The second-order valence-electron chi connectivity index (χ2n) is 8.17. The molecule has 1 aromatic heterocycles. The summed E-state index contributed by atoms with van der Waals surface area (Å²) in [5, 5.41) is 12.9. The van der Waals surface area contributed by atoms with Crippen LogP contribution < -0.4 is 10.1 Å². The third kappa shape index (κ3) is 6.23. The fourth-order valence-electron chi connectivity index (χ4n) is 3.74. The van der Waals surface area contributed by atoms with Crippen molar-refractivity contribution in [1.29, 1.82) is 5.26 Å². The molecule has 1 aliphatic rings. The van der Waals surface area contributed by atoms with E-state index in [1.165, 1.54) is 17.4 Å². The van der Waals surface area contributed by atoms with Gasteiger partial charge in [-0.3, -0.25) is 4.79 Å². The molecule has 1 atom stereocenters. The van der Waals surface area contributed by atoms with E-state index in [1.54, 1.807) is 19.1 Å². The van der Waals surface area contributed by atoms with E-state index >= 15 is 0 Å². The fraction of sp³-hybridized carbons (Fsp3) is 0.423. The summed E-state index contributed by atoms with van der Waals surface area (Å²) in [5.41, 5.74) is 2.08. The predicted molar refractivity (Wildman–Crippen MR) is 131 cm³/mol. The topological polar surface area (TPSA) is 88.4 Å². The summed E-state index contributed by atoms with van der Waals surface area (Å²) >= 11 is 1.41. The zero-order chi connectivity index (χ0) is 23.8. The molecule has 0 saturated heterocycles. The third-order valence-corrected chi connectivity index (χ3v) is 6.71. The maximum atomic E-state index is 12.9. The number of hydrogen-bond acceptors (Lipinski definition) is 6. The van der Waals surface area contributed by atoms with E-state index in [2.05, 4.69) is 19.2 Å². The molecule has 6 nitrogen and oxygen atoms in total. The molecule has 0 fully saturated rings. The van der Waals surface area contributed by atoms with Crippen LogP contribution in [-0.4, -0.2) is 25.1 Å². The Morgan fingerprint density at radius 2 is 2.03 bits per heavy atom. The molecule has 3 rings (SSSR count). The first-order valence-corrected chi connectivity index (χ1v) is 12.3. The molecule has 1 unspecified atom stereocenters. The van der Waals surface area contributed by atoms with Crippen LogP contribution in [0.25, 0.3) is 6.08 Å². The normalized spacial score (nSPS) is 15.3. The van der Waals surface area contributed by atoms with Crippen LogP contribution in [0.15, 0.2) is 29.8 Å². The molecule has 0 bridgehead atoms. The molecule has 2 aromatic rings. The first-order chi connectivity index (χ1) is 16.0. The zero-order valence-corrected chi connectivity index (χ0v) is 20.2. The summed E-state index contributed by atoms with van der Waals surface area (Å²) in [6.45, 7) is 6.96. The van der Waals surface area contributed by atoms with E-state index in [1.807, 2.05) is 18.2 Å². The van der Waals surface area contributed by atoms with Crippen molar-refractivity contribution in [2.45, 2.75) is 52.9 Å². The molecule has 7 heteroatoms. The number of thiophene rings is 1. The second-order valence-corrected chi connectivity index (χ2v) is 9.28. The Labute approximate surface area is 199 Å². The van der Waals surface area contributed by atoms with Gasteiger partial charge in [0.2, 0.25) is 0 Å². The number of nitriles is 1. The van der Waals surface area contributed by atoms with Crippen LogP contribution >= 0.6 is 11.3 Å². The minimum absolute atomic E-state index is 0.0378. The molecular formula is C26H30N2O4S. The Morgan fingerprint density at radius 1 is 1.27 bits per heavy atom. The van der Waals surface area contributed by atoms with Crippen LogP contribution in [0.5, 0.6) is 5.75 Å². The molecule has 0 aliphatic heterocycles. The van der Waals surface area contributed by atoms with Gasteiger partial charge in [0.05, 0.1) is 18.8 Å². The van der Waals surface area contributed by atoms with Gasteiger partial charge in [-0.05, 0) is 67.9 Å². The summed E-state index contributed by atoms with van der Waals surface area (Å²) in [6, 6.07) is 9.23. The lowest BCUT2D eigenvalue weighted by Crippen LogP contribution is -2.17. The maximum Gasteiger partial charge on any atom is 0.341 e. The van der Waals surface area contributed by atoms with Crippen molar-refractivity contribution in [3.63, 3.8) is 0 Å². The summed E-state index contributed by atoms with van der Waals surface area (Å²) in [5.74, 6) is 0.304. The standard InChI is InChI=1S/C26H30N2O4S/c1-4-6-13-32-20-10-8-18(9-11-20)15-19(16-27)24(29)28-25-23(26(30)31-5-2)21-12-7-17(3)14-22(21)33-25/h8-11,15,17H,4-7,12-14H2,1-3H3,(H,28,29). The molecule has 0 saturated carbocycles. The van der Waals surface area contributed by atoms with Gasteiger partial charge in [0.15, 0.2) is 0 Å². The van der Waals surface area contributed by atoms with E-state index in [9.17, 15) is 14.9 Å². The molecule has 1 heterocycles. The Hall–Kier alpha value is -3.11. The highest BCUT2D eigenvalue weighted by Gasteiger charge is 2.29. The number of benzene rings is 1. The number of nitrogens with zero attached hydrogens (tertiary/aromatic N) is 1. The van der Waals surface area contributed by atoms with Crippen LogP contribution in [0.4, 0.5) is 5.00 Å². The highest BCUT2D eigenvalue weighted by atomic mass is 32.1. The molecule has 1 aliphatic carbocycles. The van der Waals surface area contributed by atoms with Gasteiger partial charge in [0.25, 0.3) is 5.91 Å². The van der Waals surface area contributed by atoms with Crippen molar-refractivity contribution in [2.75, 3.05) is 18.5 Å². The van der Waals surface area contributed by atoms with Crippen LogP contribution in [0.3, 0.4) is 0 Å². The number of fused-ring (bicyclic) bond motifs is 1. The van der Waals surface area contributed by atoms with Crippen molar-refractivity contribution >= 4 is 34.3 Å². The van der Waals surface area contributed by atoms with Gasteiger partial charge in [0, 0.05) is 4.88 Å². The number of esters is 1. The number of amides is 1. The van der Waals surface area contributed by atoms with Gasteiger partial charge in [-0.15, -0.1) is 11.3 Å². The molecule has 1 N–H and O–H groups in total. The van der Waals surface area contributed by atoms with Gasteiger partial charge in [-0.2, -0.15) is 5.26 Å². The minimum Gasteiger partial charge on any atom is -0.494 e. The first-order valence-electron chi connectivity index (χ1n) is 11.4. The van der Waals surface area contributed by atoms with Crippen molar-refractivity contribution in [2.24, 2.45) is 5.92 Å². The van der Waals surface area contributed by atoms with E-state index in [-0.39, 0.29) is 12.2 Å². The lowest BCUT2D eigenvalue weighted by molar-refractivity contribution is -0.112. The van der Waals surface area contributed by atoms with Gasteiger partial charge < -0.3 is 14.8 Å². The number of anilines is 1. The molecule has 174 valence electrons. The largest absolute Gasteiger partial charge is 0.494 e. The first kappa shape index (κ1) is 24.5. The van der Waals surface area contributed by atoms with Gasteiger partial charge in [-0.25, -0.2) is 4.79 Å². The highest BCUT2D eigenvalue weighted by molar-refractivity contribution is 7.17. The third-order valence-electron chi connectivity index (χ3n) is 5.54. The van der Waals surface area contributed by atoms with Crippen LogP contribution in [-0.2, 0) is 22.4 Å². The Kier molecular flexibility index (Phi) is 8.67. The van der Waals surface area contributed by atoms with Crippen molar-refractivity contribution in [3.8, 4) is 11.8 Å². The smallest absolute Gasteiger partial charge is 0.341 e. The SMILES string of the molecule is CCCCOc1ccc(C=C(C#N)C(=O)Nc2sc3c(c2C(=O)OCC)CCC(C)C3)cc1. The molecule has 1 amide bonds. The maximum absolute atomic E-state index is 12.9. The van der Waals surface area contributed by atoms with Crippen molar-refractivity contribution in [1.82, 2.24) is 0 Å². The van der Waals surface area contributed by atoms with E-state index in [0.29, 0.717) is 23.1 Å². The Morgan fingerprint density at radius 3 is 2.70 bits per heavy atom. The molecule has 33 heavy (non-hydrogen) atoms. The van der Waals surface area contributed by atoms with Crippen LogP contribution in [0.1, 0.15) is 66.4 Å². The molecule has 0 radical (unpaired) electrons. The molecular weight excluding hydrogens is 436 g/mol. The van der Waals surface area contributed by atoms with Crippen molar-refractivity contribution in [3.05, 3.63) is 51.4 Å². The second kappa shape index (κ2) is 11.7. The zero-order valence-electron chi connectivity index (χ0n) is 19.4. The molecule has 0 spiro atoms. The predicted octanol–water partition coefficient (Wildman–Crippen LogP) is 5.77. The summed E-state index contributed by atoms with van der Waals surface area (Å²) in [6.07, 6.45) is 6.22. The number of rotatable bonds is 9. The average molecular weight is 467 g/mol. The monoisotopic (exact) mass is 466 g/mol. The quantitative estimate of drug-likeness (QED) is 0.219. The Bertz CT molecular complexity index is 1060. The minimum atomic E-state index is -0.544.